The second-order valence-corrected chi connectivity index (χ2v) is 10.2. The zero-order valence-electron chi connectivity index (χ0n) is 20.1. The van der Waals surface area contributed by atoms with Gasteiger partial charge in [0.05, 0.1) is 30.0 Å². The Hall–Kier alpha value is -3.14. The first-order valence-electron chi connectivity index (χ1n) is 11.6. The first-order chi connectivity index (χ1) is 16.7. The Bertz CT molecular complexity index is 1230. The minimum atomic E-state index is -1.69. The number of hydrogen-bond donors (Lipinski definition) is 2. The van der Waals surface area contributed by atoms with Gasteiger partial charge in [0, 0.05) is 22.6 Å². The molecule has 1 saturated heterocycles. The zero-order valence-corrected chi connectivity index (χ0v) is 20.9. The average Bonchev–Trinajstić information content (AvgIpc) is 2.83. The number of rotatable bonds is 9. The van der Waals surface area contributed by atoms with Crippen LogP contribution in [0.15, 0.2) is 59.5 Å². The highest BCUT2D eigenvalue weighted by molar-refractivity contribution is 7.89. The molecule has 9 heteroatoms. The molecule has 3 N–H and O–H groups in total. The summed E-state index contributed by atoms with van der Waals surface area (Å²) in [6, 6.07) is 16.8. The van der Waals surface area contributed by atoms with E-state index in [2.05, 4.69) is 9.71 Å². The fourth-order valence-corrected chi connectivity index (χ4v) is 5.18. The van der Waals surface area contributed by atoms with Crippen LogP contribution in [0.4, 0.5) is 0 Å². The minimum Gasteiger partial charge on any atom is -0.593 e. The number of ether oxygens (including phenoxy) is 1. The number of likely N-dealkylation sites (tertiary alicyclic amines) is 1. The third kappa shape index (κ3) is 5.27. The van der Waals surface area contributed by atoms with E-state index >= 15 is 0 Å². The lowest BCUT2D eigenvalue weighted by Crippen LogP contribution is -2.76. The Morgan fingerprint density at radius 3 is 2.57 bits per heavy atom. The molecule has 1 fully saturated rings. The number of fused-ring (bicyclic) bond motifs is 1. The smallest absolute Gasteiger partial charge is 0.245 e. The number of para-hydroxylation sites is 1. The number of amides is 2. The number of nitrogens with one attached hydrogen (secondary N) is 1. The first-order valence-corrected chi connectivity index (χ1v) is 12.7. The molecule has 3 aromatic rings. The second-order valence-electron chi connectivity index (χ2n) is 9.02. The highest BCUT2D eigenvalue weighted by atomic mass is 32.2. The van der Waals surface area contributed by atoms with E-state index in [4.69, 9.17) is 10.5 Å². The van der Waals surface area contributed by atoms with E-state index in [1.165, 1.54) is 0 Å². The number of primary amides is 1. The van der Waals surface area contributed by atoms with Gasteiger partial charge in [-0.25, -0.2) is 0 Å². The summed E-state index contributed by atoms with van der Waals surface area (Å²) in [5.41, 5.74) is 7.27. The molecule has 0 bridgehead atoms. The lowest BCUT2D eigenvalue weighted by Gasteiger charge is -2.47. The van der Waals surface area contributed by atoms with Crippen molar-refractivity contribution < 1.29 is 18.9 Å². The van der Waals surface area contributed by atoms with Crippen molar-refractivity contribution in [1.29, 1.82) is 0 Å². The second kappa shape index (κ2) is 10.2. The summed E-state index contributed by atoms with van der Waals surface area (Å²) in [6.45, 7) is 6.32. The Morgan fingerprint density at radius 1 is 1.23 bits per heavy atom. The van der Waals surface area contributed by atoms with E-state index < -0.39 is 22.8 Å². The maximum atomic E-state index is 12.9. The molecule has 2 heterocycles. The van der Waals surface area contributed by atoms with Crippen LogP contribution >= 0.6 is 0 Å². The summed E-state index contributed by atoms with van der Waals surface area (Å²) in [5.74, 6) is -0.162. The van der Waals surface area contributed by atoms with E-state index in [9.17, 15) is 14.1 Å². The van der Waals surface area contributed by atoms with Crippen LogP contribution in [0.5, 0.6) is 5.75 Å². The van der Waals surface area contributed by atoms with Crippen LogP contribution < -0.4 is 15.2 Å². The van der Waals surface area contributed by atoms with Gasteiger partial charge in [-0.3, -0.25) is 14.6 Å². The molecule has 4 rings (SSSR count). The van der Waals surface area contributed by atoms with Crippen LogP contribution in [0.1, 0.15) is 31.5 Å². The molecule has 1 aliphatic heterocycles. The van der Waals surface area contributed by atoms with E-state index in [1.807, 2.05) is 51.1 Å². The topological polar surface area (TPSA) is 121 Å². The quantitative estimate of drug-likeness (QED) is 0.441. The Morgan fingerprint density at radius 2 is 1.91 bits per heavy atom. The summed E-state index contributed by atoms with van der Waals surface area (Å²) < 4.78 is 21.8. The number of hydrogen-bond acceptors (Lipinski definition) is 6. The number of aromatic nitrogens is 1. The first kappa shape index (κ1) is 25.0. The largest absolute Gasteiger partial charge is 0.593 e. The van der Waals surface area contributed by atoms with Gasteiger partial charge < -0.3 is 19.9 Å². The van der Waals surface area contributed by atoms with Crippen LogP contribution in [-0.2, 0) is 27.6 Å². The number of nitrogens with two attached hydrogens (primary N) is 1. The summed E-state index contributed by atoms with van der Waals surface area (Å²) in [6.07, 6.45) is 0.712. The van der Waals surface area contributed by atoms with Crippen molar-refractivity contribution in [1.82, 2.24) is 14.6 Å². The van der Waals surface area contributed by atoms with Crippen molar-refractivity contribution >= 4 is 34.1 Å². The van der Waals surface area contributed by atoms with Crippen LogP contribution in [0.2, 0.25) is 0 Å². The van der Waals surface area contributed by atoms with Crippen molar-refractivity contribution in [2.75, 3.05) is 13.1 Å². The molecule has 0 radical (unpaired) electrons. The number of carbonyl (C=O) groups excluding carboxylic acids is 2. The number of aryl methyl sites for hydroxylation is 1. The standard InChI is InChI=1S/C26H30N4O4S/c1-4-17(2)24(31)30-15-26(16-30,25(27)32)29-35(33)21-11-9-20(10-12-21)34-14-19-13-18(3)28-23-8-6-5-7-22(19)23/h5-13,17,29H,4,14-16H2,1-3H3,(H2,27,32). The highest BCUT2D eigenvalue weighted by Gasteiger charge is 2.53. The van der Waals surface area contributed by atoms with Gasteiger partial charge >= 0.3 is 0 Å². The molecule has 2 aromatic carbocycles. The van der Waals surface area contributed by atoms with Gasteiger partial charge in [0.15, 0.2) is 10.4 Å². The predicted octanol–water partition coefficient (Wildman–Crippen LogP) is 2.85. The maximum Gasteiger partial charge on any atom is 0.245 e. The molecule has 2 atom stereocenters. The Labute approximate surface area is 208 Å². The van der Waals surface area contributed by atoms with Crippen LogP contribution in [0, 0.1) is 12.8 Å². The van der Waals surface area contributed by atoms with Crippen molar-refractivity contribution in [3.8, 4) is 5.75 Å². The third-order valence-corrected chi connectivity index (χ3v) is 7.67. The number of pyridine rings is 1. The molecule has 184 valence electrons. The van der Waals surface area contributed by atoms with Crippen molar-refractivity contribution in [2.24, 2.45) is 11.7 Å². The summed E-state index contributed by atoms with van der Waals surface area (Å²) in [5, 5.41) is 1.04. The van der Waals surface area contributed by atoms with Gasteiger partial charge in [-0.1, -0.05) is 32.0 Å². The summed E-state index contributed by atoms with van der Waals surface area (Å²) in [7, 11) is 0. The SMILES string of the molecule is CCC(C)C(=O)N1CC(N[S+]([O-])c2ccc(OCc3cc(C)nc4ccccc34)cc2)(C(N)=O)C1. The van der Waals surface area contributed by atoms with Crippen LogP contribution in [-0.4, -0.2) is 44.9 Å². The van der Waals surface area contributed by atoms with Gasteiger partial charge in [0.1, 0.15) is 12.4 Å². The molecule has 1 aliphatic rings. The van der Waals surface area contributed by atoms with E-state index in [0.717, 1.165) is 22.2 Å². The van der Waals surface area contributed by atoms with Crippen LogP contribution in [0.3, 0.4) is 0 Å². The third-order valence-electron chi connectivity index (χ3n) is 6.39. The average molecular weight is 495 g/mol. The molecule has 8 nitrogen and oxygen atoms in total. The van der Waals surface area contributed by atoms with Crippen molar-refractivity contribution in [3.63, 3.8) is 0 Å². The van der Waals surface area contributed by atoms with E-state index in [-0.39, 0.29) is 24.9 Å². The molecular formula is C26H30N4O4S. The monoisotopic (exact) mass is 494 g/mol. The molecule has 2 unspecified atom stereocenters. The number of carbonyl (C=O) groups is 2. The summed E-state index contributed by atoms with van der Waals surface area (Å²) in [4.78, 5) is 31.1. The van der Waals surface area contributed by atoms with Gasteiger partial charge in [-0.2, -0.15) is 0 Å². The predicted molar refractivity (Wildman–Crippen MR) is 135 cm³/mol. The molecule has 2 amide bonds. The molecule has 35 heavy (non-hydrogen) atoms. The van der Waals surface area contributed by atoms with E-state index in [0.29, 0.717) is 23.7 Å². The van der Waals surface area contributed by atoms with Gasteiger partial charge in [-0.15, -0.1) is 4.72 Å². The molecule has 0 spiro atoms. The number of benzene rings is 2. The van der Waals surface area contributed by atoms with Gasteiger partial charge in [-0.05, 0) is 49.7 Å². The Balaban J connectivity index is 1.39. The normalized spacial score (nSPS) is 16.4. The van der Waals surface area contributed by atoms with Gasteiger partial charge in [0.2, 0.25) is 11.8 Å². The maximum absolute atomic E-state index is 12.9. The van der Waals surface area contributed by atoms with Gasteiger partial charge in [0.25, 0.3) is 0 Å². The van der Waals surface area contributed by atoms with Crippen molar-refractivity contribution in [2.45, 2.75) is 44.2 Å². The zero-order chi connectivity index (χ0) is 25.2. The minimum absolute atomic E-state index is 0.0318. The fraction of sp³-hybridized carbons (Fsp3) is 0.346. The van der Waals surface area contributed by atoms with Crippen LogP contribution in [0.25, 0.3) is 10.9 Å². The highest BCUT2D eigenvalue weighted by Crippen LogP contribution is 2.27. The molecule has 1 aromatic heterocycles. The molecule has 0 saturated carbocycles. The molecular weight excluding hydrogens is 464 g/mol. The van der Waals surface area contributed by atoms with Crippen molar-refractivity contribution in [3.05, 3.63) is 65.9 Å². The lowest BCUT2D eigenvalue weighted by molar-refractivity contribution is -0.147. The van der Waals surface area contributed by atoms with E-state index in [1.54, 1.807) is 29.2 Å². The summed E-state index contributed by atoms with van der Waals surface area (Å²) >= 11 is -1.69. The Kier molecular flexibility index (Phi) is 7.30. The molecule has 0 aliphatic carbocycles. The lowest BCUT2D eigenvalue weighted by atomic mass is 9.88. The fourth-order valence-electron chi connectivity index (χ4n) is 4.09. The number of nitrogens with zero attached hydrogens (tertiary/aromatic N) is 2.